The lowest BCUT2D eigenvalue weighted by atomic mass is 10.2. The number of aromatic amines is 1. The van der Waals surface area contributed by atoms with E-state index in [1.54, 1.807) is 18.5 Å². The highest BCUT2D eigenvalue weighted by Crippen LogP contribution is 2.23. The fourth-order valence-electron chi connectivity index (χ4n) is 3.01. The molecule has 2 aromatic heterocycles. The highest BCUT2D eigenvalue weighted by atomic mass is 16.2. The number of anilines is 2. The largest absolute Gasteiger partial charge is 0.340 e. The highest BCUT2D eigenvalue weighted by molar-refractivity contribution is 5.99. The van der Waals surface area contributed by atoms with Crippen LogP contribution in [0, 0.1) is 0 Å². The molecule has 0 spiro atoms. The maximum atomic E-state index is 12.9. The van der Waals surface area contributed by atoms with Crippen LogP contribution in [0.5, 0.6) is 0 Å². The molecule has 0 bridgehead atoms. The number of piperazine rings is 1. The molecule has 1 aromatic carbocycles. The minimum Gasteiger partial charge on any atom is -0.340 e. The molecule has 1 fully saturated rings. The zero-order valence-corrected chi connectivity index (χ0v) is 14.1. The Bertz CT molecular complexity index is 897. The number of aromatic nitrogens is 3. The zero-order chi connectivity index (χ0) is 17.2. The van der Waals surface area contributed by atoms with E-state index in [-0.39, 0.29) is 5.91 Å². The molecule has 1 amide bonds. The second-order valence-corrected chi connectivity index (χ2v) is 6.29. The summed E-state index contributed by atoms with van der Waals surface area (Å²) < 4.78 is 0. The van der Waals surface area contributed by atoms with Crippen LogP contribution in [0.3, 0.4) is 0 Å². The van der Waals surface area contributed by atoms with Crippen molar-refractivity contribution in [1.29, 1.82) is 0 Å². The maximum absolute atomic E-state index is 12.9. The van der Waals surface area contributed by atoms with Crippen LogP contribution in [-0.2, 0) is 0 Å². The van der Waals surface area contributed by atoms with Gasteiger partial charge in [-0.2, -0.15) is 5.10 Å². The van der Waals surface area contributed by atoms with Gasteiger partial charge in [0.25, 0.3) is 5.91 Å². The fraction of sp³-hybridized carbons (Fsp3) is 0.278. The van der Waals surface area contributed by atoms with E-state index >= 15 is 0 Å². The van der Waals surface area contributed by atoms with Gasteiger partial charge in [-0.1, -0.05) is 0 Å². The summed E-state index contributed by atoms with van der Waals surface area (Å²) in [5.41, 5.74) is 2.44. The van der Waals surface area contributed by atoms with Gasteiger partial charge in [-0.15, -0.1) is 0 Å². The van der Waals surface area contributed by atoms with Gasteiger partial charge in [-0.25, -0.2) is 4.98 Å². The monoisotopic (exact) mass is 336 g/mol. The van der Waals surface area contributed by atoms with Gasteiger partial charge in [0.15, 0.2) is 0 Å². The normalized spacial score (nSPS) is 15.5. The van der Waals surface area contributed by atoms with Crippen LogP contribution < -0.4 is 5.32 Å². The predicted molar refractivity (Wildman–Crippen MR) is 97.0 cm³/mol. The molecule has 128 valence electrons. The Hall–Kier alpha value is -2.93. The maximum Gasteiger partial charge on any atom is 0.257 e. The molecular weight excluding hydrogens is 316 g/mol. The molecule has 4 rings (SSSR count). The number of benzene rings is 1. The number of fused-ring (bicyclic) bond motifs is 1. The van der Waals surface area contributed by atoms with E-state index in [9.17, 15) is 4.79 Å². The van der Waals surface area contributed by atoms with Crippen molar-refractivity contribution in [3.05, 3.63) is 48.3 Å². The number of nitrogens with zero attached hydrogens (tertiary/aromatic N) is 4. The lowest BCUT2D eigenvalue weighted by molar-refractivity contribution is 0.0665. The van der Waals surface area contributed by atoms with Gasteiger partial charge in [-0.3, -0.25) is 9.89 Å². The first-order chi connectivity index (χ1) is 12.2. The van der Waals surface area contributed by atoms with Gasteiger partial charge < -0.3 is 15.1 Å². The number of H-pyrrole nitrogens is 1. The SMILES string of the molecule is CN1CCN(C(=O)c2cccnc2Nc2ccc3[nH]ncc3c2)CC1. The third kappa shape index (κ3) is 3.18. The van der Waals surface area contributed by atoms with E-state index in [1.165, 1.54) is 0 Å². The van der Waals surface area contributed by atoms with Crippen molar-refractivity contribution >= 4 is 28.3 Å². The van der Waals surface area contributed by atoms with E-state index in [0.29, 0.717) is 11.4 Å². The summed E-state index contributed by atoms with van der Waals surface area (Å²) in [5.74, 6) is 0.599. The summed E-state index contributed by atoms with van der Waals surface area (Å²) in [7, 11) is 2.07. The molecule has 3 heterocycles. The Kier molecular flexibility index (Phi) is 4.07. The van der Waals surface area contributed by atoms with E-state index in [1.807, 2.05) is 29.2 Å². The Morgan fingerprint density at radius 1 is 1.20 bits per heavy atom. The van der Waals surface area contributed by atoms with Crippen molar-refractivity contribution in [3.63, 3.8) is 0 Å². The first-order valence-corrected chi connectivity index (χ1v) is 8.34. The zero-order valence-electron chi connectivity index (χ0n) is 14.1. The minimum atomic E-state index is 0.0214. The number of carbonyl (C=O) groups excluding carboxylic acids is 1. The van der Waals surface area contributed by atoms with E-state index in [2.05, 4.69) is 32.4 Å². The number of hydrogen-bond donors (Lipinski definition) is 2. The van der Waals surface area contributed by atoms with Crippen molar-refractivity contribution in [2.75, 3.05) is 38.5 Å². The molecular formula is C18H20N6O. The second kappa shape index (κ2) is 6.52. The molecule has 0 atom stereocenters. The number of carbonyl (C=O) groups is 1. The summed E-state index contributed by atoms with van der Waals surface area (Å²) in [6.07, 6.45) is 3.47. The number of rotatable bonds is 3. The van der Waals surface area contributed by atoms with Gasteiger partial charge in [0, 0.05) is 43.4 Å². The average Bonchev–Trinajstić information content (AvgIpc) is 3.10. The van der Waals surface area contributed by atoms with Gasteiger partial charge >= 0.3 is 0 Å². The summed E-state index contributed by atoms with van der Waals surface area (Å²) in [6.45, 7) is 3.27. The molecule has 0 radical (unpaired) electrons. The van der Waals surface area contributed by atoms with E-state index in [4.69, 9.17) is 0 Å². The van der Waals surface area contributed by atoms with Crippen LogP contribution in [-0.4, -0.2) is 64.1 Å². The van der Waals surface area contributed by atoms with Crippen LogP contribution in [0.1, 0.15) is 10.4 Å². The van der Waals surface area contributed by atoms with Gasteiger partial charge in [0.1, 0.15) is 5.82 Å². The van der Waals surface area contributed by atoms with Crippen LogP contribution >= 0.6 is 0 Å². The van der Waals surface area contributed by atoms with Crippen molar-refractivity contribution < 1.29 is 4.79 Å². The van der Waals surface area contributed by atoms with Gasteiger partial charge in [0.05, 0.1) is 17.3 Å². The van der Waals surface area contributed by atoms with Crippen LogP contribution in [0.25, 0.3) is 10.9 Å². The van der Waals surface area contributed by atoms with Gasteiger partial charge in [-0.05, 0) is 37.4 Å². The first kappa shape index (κ1) is 15.6. The topological polar surface area (TPSA) is 77.1 Å². The minimum absolute atomic E-state index is 0.0214. The molecule has 0 saturated carbocycles. The Morgan fingerprint density at radius 2 is 2.04 bits per heavy atom. The Labute approximate surface area is 145 Å². The molecule has 0 aliphatic carbocycles. The van der Waals surface area contributed by atoms with Crippen LogP contribution in [0.4, 0.5) is 11.5 Å². The number of nitrogens with one attached hydrogen (secondary N) is 2. The molecule has 3 aromatic rings. The van der Waals surface area contributed by atoms with Crippen LogP contribution in [0.15, 0.2) is 42.7 Å². The lowest BCUT2D eigenvalue weighted by Gasteiger charge is -2.32. The quantitative estimate of drug-likeness (QED) is 0.766. The van der Waals surface area contributed by atoms with Crippen molar-refractivity contribution in [3.8, 4) is 0 Å². The molecule has 1 aliphatic rings. The Morgan fingerprint density at radius 3 is 2.88 bits per heavy atom. The van der Waals surface area contributed by atoms with E-state index in [0.717, 1.165) is 42.8 Å². The number of amides is 1. The summed E-state index contributed by atoms with van der Waals surface area (Å²) in [5, 5.41) is 11.2. The number of pyridine rings is 1. The predicted octanol–water partition coefficient (Wildman–Crippen LogP) is 2.09. The molecule has 25 heavy (non-hydrogen) atoms. The third-order valence-corrected chi connectivity index (χ3v) is 4.53. The van der Waals surface area contributed by atoms with Crippen molar-refractivity contribution in [1.82, 2.24) is 25.0 Å². The molecule has 1 saturated heterocycles. The summed E-state index contributed by atoms with van der Waals surface area (Å²) in [4.78, 5) is 21.4. The van der Waals surface area contributed by atoms with Crippen molar-refractivity contribution in [2.24, 2.45) is 0 Å². The molecule has 7 heteroatoms. The van der Waals surface area contributed by atoms with E-state index < -0.39 is 0 Å². The van der Waals surface area contributed by atoms with Crippen LogP contribution in [0.2, 0.25) is 0 Å². The molecule has 7 nitrogen and oxygen atoms in total. The third-order valence-electron chi connectivity index (χ3n) is 4.53. The number of hydrogen-bond acceptors (Lipinski definition) is 5. The lowest BCUT2D eigenvalue weighted by Crippen LogP contribution is -2.47. The molecule has 0 unspecified atom stereocenters. The average molecular weight is 336 g/mol. The standard InChI is InChI=1S/C18H20N6O/c1-23-7-9-24(10-8-23)18(25)15-3-2-6-19-17(15)21-14-4-5-16-13(11-14)12-20-22-16/h2-6,11-12H,7-10H2,1H3,(H,19,21)(H,20,22). The highest BCUT2D eigenvalue weighted by Gasteiger charge is 2.23. The first-order valence-electron chi connectivity index (χ1n) is 8.34. The fourth-order valence-corrected chi connectivity index (χ4v) is 3.01. The van der Waals surface area contributed by atoms with Crippen molar-refractivity contribution in [2.45, 2.75) is 0 Å². The summed E-state index contributed by atoms with van der Waals surface area (Å²) in [6, 6.07) is 9.51. The Balaban J connectivity index is 1.59. The summed E-state index contributed by atoms with van der Waals surface area (Å²) >= 11 is 0. The molecule has 1 aliphatic heterocycles. The van der Waals surface area contributed by atoms with Gasteiger partial charge in [0.2, 0.25) is 0 Å². The second-order valence-electron chi connectivity index (χ2n) is 6.29. The molecule has 2 N–H and O–H groups in total. The number of likely N-dealkylation sites (N-methyl/N-ethyl adjacent to an activating group) is 1. The smallest absolute Gasteiger partial charge is 0.257 e.